The van der Waals surface area contributed by atoms with Crippen molar-refractivity contribution >= 4 is 21.4 Å². The molecule has 2 aromatic carbocycles. The molecule has 0 aliphatic rings. The van der Waals surface area contributed by atoms with Gasteiger partial charge in [-0.2, -0.15) is 0 Å². The van der Waals surface area contributed by atoms with Crippen molar-refractivity contribution in [3.05, 3.63) is 58.1 Å². The lowest BCUT2D eigenvalue weighted by molar-refractivity contribution is -0.384. The van der Waals surface area contributed by atoms with Crippen molar-refractivity contribution in [2.75, 3.05) is 18.5 Å². The molecule has 0 aliphatic carbocycles. The quantitative estimate of drug-likeness (QED) is 0.435. The number of nitrogens with one attached hydrogen (secondary N) is 1. The Labute approximate surface area is 141 Å². The highest BCUT2D eigenvalue weighted by Crippen LogP contribution is 2.27. The third-order valence-electron chi connectivity index (χ3n) is 3.07. The maximum Gasteiger partial charge on any atom is 0.293 e. The number of sulfonamides is 1. The molecule has 11 heteroatoms. The Balaban J connectivity index is 2.02. The van der Waals surface area contributed by atoms with E-state index in [4.69, 9.17) is 9.88 Å². The summed E-state index contributed by atoms with van der Waals surface area (Å²) in [6, 6.07) is 6.19. The van der Waals surface area contributed by atoms with E-state index in [1.54, 1.807) is 0 Å². The summed E-state index contributed by atoms with van der Waals surface area (Å²) in [6.45, 7) is 0.0910. The van der Waals surface area contributed by atoms with Crippen LogP contribution in [0.4, 0.5) is 20.2 Å². The lowest BCUT2D eigenvalue weighted by Crippen LogP contribution is -2.15. The van der Waals surface area contributed by atoms with Crippen LogP contribution in [0.5, 0.6) is 5.75 Å². The molecule has 0 atom stereocenters. The zero-order valence-corrected chi connectivity index (χ0v) is 13.4. The maximum absolute atomic E-state index is 13.0. The van der Waals surface area contributed by atoms with Gasteiger partial charge in [-0.1, -0.05) is 0 Å². The molecule has 0 unspecified atom stereocenters. The van der Waals surface area contributed by atoms with Gasteiger partial charge in [-0.3, -0.25) is 10.1 Å². The van der Waals surface area contributed by atoms with Crippen LogP contribution in [0.1, 0.15) is 0 Å². The van der Waals surface area contributed by atoms with Gasteiger partial charge in [0.05, 0.1) is 9.82 Å². The van der Waals surface area contributed by atoms with E-state index < -0.39 is 32.3 Å². The molecule has 0 fully saturated rings. The normalized spacial score (nSPS) is 11.2. The summed E-state index contributed by atoms with van der Waals surface area (Å²) in [5.41, 5.74) is -0.411. The number of nitro groups is 1. The number of primary sulfonamides is 1. The van der Waals surface area contributed by atoms with Gasteiger partial charge in [0, 0.05) is 18.7 Å². The first-order valence-electron chi connectivity index (χ1n) is 6.81. The van der Waals surface area contributed by atoms with Gasteiger partial charge in [0.2, 0.25) is 10.0 Å². The van der Waals surface area contributed by atoms with Gasteiger partial charge in [-0.15, -0.1) is 0 Å². The van der Waals surface area contributed by atoms with Crippen molar-refractivity contribution < 1.29 is 26.9 Å². The van der Waals surface area contributed by atoms with Crippen LogP contribution in [-0.2, 0) is 10.0 Å². The molecule has 0 amide bonds. The minimum Gasteiger partial charge on any atom is -0.492 e. The van der Waals surface area contributed by atoms with Crippen LogP contribution >= 0.6 is 0 Å². The predicted octanol–water partition coefficient (Wildman–Crippen LogP) is 2.01. The first-order valence-corrected chi connectivity index (χ1v) is 8.36. The Morgan fingerprint density at radius 3 is 2.48 bits per heavy atom. The Morgan fingerprint density at radius 2 is 1.88 bits per heavy atom. The van der Waals surface area contributed by atoms with E-state index in [1.807, 2.05) is 0 Å². The standard InChI is InChI=1S/C14H13F2N3O5S/c15-11-3-1-9(7-12(11)16)24-6-5-18-13-4-2-10(25(17,22)23)8-14(13)19(20)21/h1-4,7-8,18H,5-6H2,(H2,17,22,23). The van der Waals surface area contributed by atoms with Crippen molar-refractivity contribution in [2.45, 2.75) is 4.90 Å². The zero-order chi connectivity index (χ0) is 18.6. The van der Waals surface area contributed by atoms with Crippen molar-refractivity contribution in [1.29, 1.82) is 0 Å². The highest BCUT2D eigenvalue weighted by molar-refractivity contribution is 7.89. The monoisotopic (exact) mass is 373 g/mol. The number of nitro benzene ring substituents is 1. The maximum atomic E-state index is 13.0. The third kappa shape index (κ3) is 4.84. The second-order valence-corrected chi connectivity index (χ2v) is 6.39. The second kappa shape index (κ2) is 7.40. The molecule has 0 saturated carbocycles. The van der Waals surface area contributed by atoms with Gasteiger partial charge in [0.25, 0.3) is 5.69 Å². The Bertz CT molecular complexity index is 905. The summed E-state index contributed by atoms with van der Waals surface area (Å²) in [7, 11) is -4.07. The molecular weight excluding hydrogens is 360 g/mol. The van der Waals surface area contributed by atoms with Crippen LogP contribution in [0.3, 0.4) is 0 Å². The van der Waals surface area contributed by atoms with Crippen LogP contribution in [0, 0.1) is 21.7 Å². The topological polar surface area (TPSA) is 125 Å². The van der Waals surface area contributed by atoms with Crippen molar-refractivity contribution in [3.8, 4) is 5.75 Å². The van der Waals surface area contributed by atoms with E-state index in [1.165, 1.54) is 12.1 Å². The van der Waals surface area contributed by atoms with E-state index >= 15 is 0 Å². The fourth-order valence-corrected chi connectivity index (χ4v) is 2.44. The number of hydrogen-bond donors (Lipinski definition) is 2. The van der Waals surface area contributed by atoms with Crippen LogP contribution in [0.15, 0.2) is 41.3 Å². The molecule has 0 aromatic heterocycles. The first kappa shape index (κ1) is 18.5. The van der Waals surface area contributed by atoms with Gasteiger partial charge in [0.1, 0.15) is 18.0 Å². The number of nitrogens with two attached hydrogens (primary N) is 1. The Hall–Kier alpha value is -2.79. The van der Waals surface area contributed by atoms with Gasteiger partial charge in [0.15, 0.2) is 11.6 Å². The van der Waals surface area contributed by atoms with Crippen LogP contribution < -0.4 is 15.2 Å². The molecule has 2 aromatic rings. The highest BCUT2D eigenvalue weighted by atomic mass is 32.2. The largest absolute Gasteiger partial charge is 0.492 e. The third-order valence-corrected chi connectivity index (χ3v) is 3.98. The SMILES string of the molecule is NS(=O)(=O)c1ccc(NCCOc2ccc(F)c(F)c2)c([N+](=O)[O-])c1. The van der Waals surface area contributed by atoms with E-state index in [-0.39, 0.29) is 29.5 Å². The number of nitrogens with zero attached hydrogens (tertiary/aromatic N) is 1. The number of rotatable bonds is 7. The molecule has 0 bridgehead atoms. The average Bonchev–Trinajstić information content (AvgIpc) is 2.53. The van der Waals surface area contributed by atoms with Gasteiger partial charge in [-0.25, -0.2) is 22.3 Å². The fourth-order valence-electron chi connectivity index (χ4n) is 1.91. The number of benzene rings is 2. The molecule has 0 saturated heterocycles. The smallest absolute Gasteiger partial charge is 0.293 e. The molecule has 8 nitrogen and oxygen atoms in total. The van der Waals surface area contributed by atoms with Gasteiger partial charge in [-0.05, 0) is 24.3 Å². The number of ether oxygens (including phenoxy) is 1. The highest BCUT2D eigenvalue weighted by Gasteiger charge is 2.18. The number of anilines is 1. The van der Waals surface area contributed by atoms with Crippen LogP contribution in [0.2, 0.25) is 0 Å². The Morgan fingerprint density at radius 1 is 1.16 bits per heavy atom. The Kier molecular flexibility index (Phi) is 5.49. The number of hydrogen-bond acceptors (Lipinski definition) is 6. The van der Waals surface area contributed by atoms with Crippen molar-refractivity contribution in [1.82, 2.24) is 0 Å². The second-order valence-electron chi connectivity index (χ2n) is 4.83. The summed E-state index contributed by atoms with van der Waals surface area (Å²) in [5, 5.41) is 18.7. The summed E-state index contributed by atoms with van der Waals surface area (Å²) < 4.78 is 53.5. The summed E-state index contributed by atoms with van der Waals surface area (Å²) in [5.74, 6) is -1.96. The van der Waals surface area contributed by atoms with Gasteiger partial charge >= 0.3 is 0 Å². The summed E-state index contributed by atoms with van der Waals surface area (Å²) in [4.78, 5) is 9.90. The van der Waals surface area contributed by atoms with E-state index in [0.29, 0.717) is 0 Å². The molecule has 0 heterocycles. The minimum absolute atomic E-state index is 0.000828. The number of halogens is 2. The van der Waals surface area contributed by atoms with Crippen molar-refractivity contribution in [2.24, 2.45) is 5.14 Å². The van der Waals surface area contributed by atoms with E-state index in [2.05, 4.69) is 5.32 Å². The predicted molar refractivity (Wildman–Crippen MR) is 84.8 cm³/mol. The molecule has 0 aliphatic heterocycles. The summed E-state index contributed by atoms with van der Waals surface area (Å²) >= 11 is 0. The fraction of sp³-hybridized carbons (Fsp3) is 0.143. The van der Waals surface area contributed by atoms with Crippen molar-refractivity contribution in [3.63, 3.8) is 0 Å². The van der Waals surface area contributed by atoms with E-state index in [9.17, 15) is 27.3 Å². The molecule has 134 valence electrons. The molecule has 0 spiro atoms. The average molecular weight is 373 g/mol. The van der Waals surface area contributed by atoms with Crippen LogP contribution in [-0.4, -0.2) is 26.5 Å². The van der Waals surface area contributed by atoms with Crippen LogP contribution in [0.25, 0.3) is 0 Å². The molecule has 2 rings (SSSR count). The first-order chi connectivity index (χ1) is 11.7. The molecule has 25 heavy (non-hydrogen) atoms. The van der Waals surface area contributed by atoms with Gasteiger partial charge < -0.3 is 10.1 Å². The lowest BCUT2D eigenvalue weighted by atomic mass is 10.2. The summed E-state index contributed by atoms with van der Waals surface area (Å²) in [6.07, 6.45) is 0. The minimum atomic E-state index is -4.07. The molecular formula is C14H13F2N3O5S. The molecule has 3 N–H and O–H groups in total. The zero-order valence-electron chi connectivity index (χ0n) is 12.6. The van der Waals surface area contributed by atoms with E-state index in [0.717, 1.165) is 24.3 Å². The lowest BCUT2D eigenvalue weighted by Gasteiger charge is -2.10. The molecule has 0 radical (unpaired) electrons.